The molecule has 6 rings (SSSR count). The van der Waals surface area contributed by atoms with Crippen molar-refractivity contribution in [1.29, 1.82) is 0 Å². The van der Waals surface area contributed by atoms with Gasteiger partial charge in [-0.2, -0.15) is 0 Å². The maximum Gasteiger partial charge on any atom is 0.309 e. The average molecular weight is 1110 g/mol. The number of ether oxygens (including phenoxy) is 12. The number of esters is 2. The highest BCUT2D eigenvalue weighted by Gasteiger charge is 2.58. The number of unbranched alkanes of at least 4 members (excludes halogenated alkanes) is 3. The molecule has 0 amide bonds. The molecule has 0 bridgehead atoms. The molecule has 24 nitrogen and oxygen atoms in total. The maximum atomic E-state index is 13.9. The summed E-state index contributed by atoms with van der Waals surface area (Å²) in [6.45, 7) is 10.6. The lowest BCUT2D eigenvalue weighted by Gasteiger charge is -2.51. The molecule has 10 N–H and O–H groups in total. The summed E-state index contributed by atoms with van der Waals surface area (Å²) in [7, 11) is 0. The van der Waals surface area contributed by atoms with Gasteiger partial charge in [0.05, 0.1) is 43.0 Å². The minimum absolute atomic E-state index is 0.0305. The van der Waals surface area contributed by atoms with Crippen LogP contribution in [-0.4, -0.2) is 229 Å². The molecule has 24 heteroatoms. The first-order valence-corrected chi connectivity index (χ1v) is 28.4. The van der Waals surface area contributed by atoms with Crippen molar-refractivity contribution in [3.63, 3.8) is 0 Å². The van der Waals surface area contributed by atoms with E-state index in [2.05, 4.69) is 6.92 Å². The maximum absolute atomic E-state index is 13.9. The lowest BCUT2D eigenvalue weighted by Crippen LogP contribution is -2.68. The second kappa shape index (κ2) is 30.4. The van der Waals surface area contributed by atoms with E-state index in [1.54, 1.807) is 20.8 Å². The van der Waals surface area contributed by atoms with Crippen molar-refractivity contribution in [2.45, 2.75) is 311 Å². The zero-order valence-electron chi connectivity index (χ0n) is 45.8. The fraction of sp³-hybridized carbons (Fsp3) is 0.962. The Balaban J connectivity index is 1.35. The number of carbonyl (C=O) groups is 2. The van der Waals surface area contributed by atoms with Crippen LogP contribution in [-0.2, 0) is 66.4 Å². The van der Waals surface area contributed by atoms with Crippen molar-refractivity contribution in [3.05, 3.63) is 0 Å². The van der Waals surface area contributed by atoms with E-state index in [0.717, 1.165) is 77.0 Å². The summed E-state index contributed by atoms with van der Waals surface area (Å²) in [5, 5.41) is 111. The van der Waals surface area contributed by atoms with E-state index in [-0.39, 0.29) is 18.9 Å². The minimum Gasteiger partial charge on any atom is -0.454 e. The summed E-state index contributed by atoms with van der Waals surface area (Å²) in [4.78, 5) is 27.7. The minimum atomic E-state index is -1.99. The normalized spacial score (nSPS) is 45.8. The van der Waals surface area contributed by atoms with E-state index in [1.165, 1.54) is 20.8 Å². The van der Waals surface area contributed by atoms with Gasteiger partial charge < -0.3 is 108 Å². The number of fused-ring (bicyclic) bond motifs is 2. The summed E-state index contributed by atoms with van der Waals surface area (Å²) in [6, 6.07) is 0. The van der Waals surface area contributed by atoms with Gasteiger partial charge in [0.1, 0.15) is 85.5 Å². The Labute approximate surface area is 451 Å². The summed E-state index contributed by atoms with van der Waals surface area (Å²) < 4.78 is 75.1. The lowest BCUT2D eigenvalue weighted by molar-refractivity contribution is -0.400. The van der Waals surface area contributed by atoms with Gasteiger partial charge in [-0.05, 0) is 53.4 Å². The molecule has 0 aromatic rings. The van der Waals surface area contributed by atoms with Crippen LogP contribution in [0.15, 0.2) is 0 Å². The molecule has 6 fully saturated rings. The van der Waals surface area contributed by atoms with Crippen molar-refractivity contribution in [3.8, 4) is 0 Å². The predicted molar refractivity (Wildman–Crippen MR) is 266 cm³/mol. The number of aliphatic hydroxyl groups excluding tert-OH is 10. The van der Waals surface area contributed by atoms with Gasteiger partial charge in [-0.3, -0.25) is 9.59 Å². The van der Waals surface area contributed by atoms with Crippen LogP contribution in [0.3, 0.4) is 0 Å². The van der Waals surface area contributed by atoms with Gasteiger partial charge >= 0.3 is 11.9 Å². The number of aliphatic hydroxyl groups is 10. The Bertz CT molecular complexity index is 1750. The molecule has 6 saturated heterocycles. The first kappa shape index (κ1) is 64.3. The van der Waals surface area contributed by atoms with Crippen molar-refractivity contribution in [1.82, 2.24) is 0 Å². The molecule has 0 radical (unpaired) electrons. The predicted octanol–water partition coefficient (Wildman–Crippen LogP) is 0.612. The Morgan fingerprint density at radius 2 is 1.08 bits per heavy atom. The number of rotatable bonds is 15. The monoisotopic (exact) mass is 1110 g/mol. The molecule has 0 spiro atoms. The van der Waals surface area contributed by atoms with E-state index in [4.69, 9.17) is 56.8 Å². The zero-order valence-corrected chi connectivity index (χ0v) is 45.8. The molecule has 0 saturated carbocycles. The first-order chi connectivity index (χ1) is 36.7. The van der Waals surface area contributed by atoms with Gasteiger partial charge in [0.25, 0.3) is 0 Å². The Morgan fingerprint density at radius 1 is 0.532 bits per heavy atom. The Kier molecular flexibility index (Phi) is 25.4. The van der Waals surface area contributed by atoms with Crippen LogP contribution in [0.4, 0.5) is 0 Å². The van der Waals surface area contributed by atoms with Gasteiger partial charge in [0, 0.05) is 6.42 Å². The van der Waals surface area contributed by atoms with Gasteiger partial charge in [-0.25, -0.2) is 0 Å². The molecule has 77 heavy (non-hydrogen) atoms. The SMILES string of the molecule is CCCCCCC1CCCCCCCCCCC(=O)O[C@H]2[C@H](O[C@H]3[C@H](O1)O[C@H](C)[C@H](O)[C@@H]3O)O[C@@H](C)[C@H](O[C@@H]1O[C@@H](C)[C@H](O[C@@H]3O[C@@H](C)[C@H](O)[C@@H](O)[C@H]3O)[C@@H](O[C@@H]3O[C@H](CO)[C@@H](O)[C@H](O)[C@H]3O)[C@H]1OC(=O)[C@@H](C)CC)[C@H]2O. The highest BCUT2D eigenvalue weighted by atomic mass is 16.8. The van der Waals surface area contributed by atoms with Crippen LogP contribution in [0, 0.1) is 5.92 Å². The topological polar surface area (TPSA) is 347 Å². The van der Waals surface area contributed by atoms with E-state index in [1.807, 2.05) is 0 Å². The molecule has 6 heterocycles. The summed E-state index contributed by atoms with van der Waals surface area (Å²) >= 11 is 0. The van der Waals surface area contributed by atoms with Crippen LogP contribution < -0.4 is 0 Å². The number of hydrogen-bond acceptors (Lipinski definition) is 24. The third-order valence-corrected chi connectivity index (χ3v) is 16.0. The summed E-state index contributed by atoms with van der Waals surface area (Å²) in [6.07, 6.45) is -26.9. The summed E-state index contributed by atoms with van der Waals surface area (Å²) in [5.74, 6) is -2.28. The molecular formula is C53H92O24. The number of carbonyl (C=O) groups excluding carboxylic acids is 2. The average Bonchev–Trinajstić information content (AvgIpc) is 3.40. The highest BCUT2D eigenvalue weighted by Crippen LogP contribution is 2.39. The van der Waals surface area contributed by atoms with E-state index < -0.39 is 178 Å². The molecule has 27 atom stereocenters. The fourth-order valence-corrected chi connectivity index (χ4v) is 10.7. The standard InChI is InChI=1S/C53H92O24/c1-8-10-11-18-21-30-22-19-16-14-12-13-15-17-20-23-32(55)72-45-41(64)42(28(6)68-52(45)76-44-38(61)34(57)27(5)67-51(44)70-30)74-53-47(73-48(65)25(3)9-2)46(77-50-40(63)37(60)35(58)31(24-54)71-50)43(29(7)69-53)75-49-39(62)36(59)33(56)26(4)66-49/h25-31,33-47,49-54,56-64H,8-24H2,1-7H3/t25-,26-,27+,28-,29-,30?,31+,33-,34-,35+,36+,37-,38-,39+,40+,41+,42-,43-,44+,45+,46+,47+,49-,50-,51-,52-,53-/m0/s1. The van der Waals surface area contributed by atoms with Crippen molar-refractivity contribution >= 4 is 11.9 Å². The molecule has 0 aromatic carbocycles. The third-order valence-electron chi connectivity index (χ3n) is 16.0. The largest absolute Gasteiger partial charge is 0.454 e. The van der Waals surface area contributed by atoms with Crippen molar-refractivity contribution in [2.75, 3.05) is 6.61 Å². The van der Waals surface area contributed by atoms with E-state index >= 15 is 0 Å². The quantitative estimate of drug-likeness (QED) is 0.0793. The van der Waals surface area contributed by atoms with E-state index in [9.17, 15) is 60.7 Å². The molecule has 6 aliphatic heterocycles. The smallest absolute Gasteiger partial charge is 0.309 e. The third kappa shape index (κ3) is 16.5. The van der Waals surface area contributed by atoms with Crippen molar-refractivity contribution < 1.29 is 117 Å². The van der Waals surface area contributed by atoms with Crippen molar-refractivity contribution in [2.24, 2.45) is 5.92 Å². The van der Waals surface area contributed by atoms with Gasteiger partial charge in [-0.15, -0.1) is 0 Å². The first-order valence-electron chi connectivity index (χ1n) is 28.4. The molecule has 1 unspecified atom stereocenters. The second-order valence-corrected chi connectivity index (χ2v) is 22.0. The molecule has 6 aliphatic rings. The Morgan fingerprint density at radius 3 is 1.74 bits per heavy atom. The van der Waals surface area contributed by atoms with Gasteiger partial charge in [-0.1, -0.05) is 91.4 Å². The van der Waals surface area contributed by atoms with Crippen LogP contribution in [0.1, 0.15) is 151 Å². The fourth-order valence-electron chi connectivity index (χ4n) is 10.7. The second-order valence-electron chi connectivity index (χ2n) is 22.0. The van der Waals surface area contributed by atoms with Gasteiger partial charge in [0.2, 0.25) is 0 Å². The van der Waals surface area contributed by atoms with Gasteiger partial charge in [0.15, 0.2) is 43.7 Å². The molecule has 448 valence electrons. The highest BCUT2D eigenvalue weighted by molar-refractivity contribution is 5.72. The van der Waals surface area contributed by atoms with Crippen LogP contribution in [0.25, 0.3) is 0 Å². The van der Waals surface area contributed by atoms with Crippen LogP contribution in [0.2, 0.25) is 0 Å². The van der Waals surface area contributed by atoms with Crippen LogP contribution in [0.5, 0.6) is 0 Å². The molecule has 0 aliphatic carbocycles. The molecule has 0 aromatic heterocycles. The lowest BCUT2D eigenvalue weighted by atomic mass is 9.95. The zero-order chi connectivity index (χ0) is 56.2. The number of hydrogen-bond donors (Lipinski definition) is 10. The Hall–Kier alpha value is -1.86. The summed E-state index contributed by atoms with van der Waals surface area (Å²) in [5.41, 5.74) is 0. The van der Waals surface area contributed by atoms with Crippen LogP contribution >= 0.6 is 0 Å². The van der Waals surface area contributed by atoms with E-state index in [0.29, 0.717) is 12.8 Å². The molecular weight excluding hydrogens is 1020 g/mol.